The van der Waals surface area contributed by atoms with E-state index in [0.29, 0.717) is 25.6 Å². The summed E-state index contributed by atoms with van der Waals surface area (Å²) in [5, 5.41) is 11.7. The van der Waals surface area contributed by atoms with E-state index in [1.165, 1.54) is 0 Å². The first-order valence-corrected chi connectivity index (χ1v) is 8.23. The van der Waals surface area contributed by atoms with E-state index in [2.05, 4.69) is 5.32 Å². The third-order valence-electron chi connectivity index (χ3n) is 3.05. The van der Waals surface area contributed by atoms with Gasteiger partial charge in [-0.05, 0) is 45.4 Å². The first kappa shape index (κ1) is 20.8. The van der Waals surface area contributed by atoms with Crippen LogP contribution in [-0.2, 0) is 20.7 Å². The van der Waals surface area contributed by atoms with Gasteiger partial charge in [0.15, 0.2) is 0 Å². The van der Waals surface area contributed by atoms with Crippen LogP contribution in [0.2, 0.25) is 0 Å². The Morgan fingerprint density at radius 1 is 1.16 bits per heavy atom. The molecule has 7 heteroatoms. The van der Waals surface area contributed by atoms with Crippen LogP contribution >= 0.6 is 0 Å². The summed E-state index contributed by atoms with van der Waals surface area (Å²) in [6.07, 6.45) is -0.607. The number of amides is 1. The molecule has 0 aliphatic rings. The predicted molar refractivity (Wildman–Crippen MR) is 92.9 cm³/mol. The summed E-state index contributed by atoms with van der Waals surface area (Å²) >= 11 is 0. The van der Waals surface area contributed by atoms with E-state index in [9.17, 15) is 14.7 Å². The van der Waals surface area contributed by atoms with Crippen molar-refractivity contribution in [3.63, 3.8) is 0 Å². The van der Waals surface area contributed by atoms with Gasteiger partial charge in [-0.3, -0.25) is 0 Å². The maximum Gasteiger partial charge on any atom is 0.408 e. The third kappa shape index (κ3) is 8.95. The van der Waals surface area contributed by atoms with E-state index in [-0.39, 0.29) is 6.42 Å². The molecule has 0 heterocycles. The molecule has 0 fully saturated rings. The number of nitrogens with one attached hydrogen (secondary N) is 1. The van der Waals surface area contributed by atoms with Gasteiger partial charge in [0.2, 0.25) is 0 Å². The molecule has 1 aromatic rings. The third-order valence-corrected chi connectivity index (χ3v) is 3.05. The van der Waals surface area contributed by atoms with Crippen molar-refractivity contribution in [3.8, 4) is 5.75 Å². The Bertz CT molecular complexity index is 550. The minimum Gasteiger partial charge on any atom is -0.491 e. The zero-order valence-corrected chi connectivity index (χ0v) is 15.2. The lowest BCUT2D eigenvalue weighted by Gasteiger charge is -2.22. The lowest BCUT2D eigenvalue weighted by Crippen LogP contribution is -2.44. The molecule has 1 unspecified atom stereocenters. The van der Waals surface area contributed by atoms with Crippen molar-refractivity contribution in [2.45, 2.75) is 45.8 Å². The number of carbonyl (C=O) groups excluding carboxylic acids is 1. The molecular formula is C18H27NO6. The Morgan fingerprint density at radius 3 is 2.32 bits per heavy atom. The average molecular weight is 353 g/mol. The second-order valence-electron chi connectivity index (χ2n) is 6.43. The maximum absolute atomic E-state index is 11.8. The minimum absolute atomic E-state index is 0.147. The summed E-state index contributed by atoms with van der Waals surface area (Å²) in [4.78, 5) is 23.1. The van der Waals surface area contributed by atoms with E-state index < -0.39 is 23.7 Å². The fourth-order valence-corrected chi connectivity index (χ4v) is 1.97. The minimum atomic E-state index is -1.12. The van der Waals surface area contributed by atoms with Gasteiger partial charge in [0.1, 0.15) is 24.0 Å². The Kier molecular flexibility index (Phi) is 8.21. The van der Waals surface area contributed by atoms with Crippen LogP contribution < -0.4 is 10.1 Å². The number of hydrogen-bond acceptors (Lipinski definition) is 5. The normalized spacial score (nSPS) is 12.3. The largest absolute Gasteiger partial charge is 0.491 e. The Hall–Kier alpha value is -2.28. The average Bonchev–Trinajstić information content (AvgIpc) is 2.50. The molecule has 0 bridgehead atoms. The highest BCUT2D eigenvalue weighted by Crippen LogP contribution is 2.14. The summed E-state index contributed by atoms with van der Waals surface area (Å²) < 4.78 is 15.8. The Morgan fingerprint density at radius 2 is 1.80 bits per heavy atom. The molecule has 2 N–H and O–H groups in total. The summed E-state index contributed by atoms with van der Waals surface area (Å²) in [5.41, 5.74) is 0.0776. The van der Waals surface area contributed by atoms with E-state index in [1.54, 1.807) is 45.0 Å². The van der Waals surface area contributed by atoms with Crippen LogP contribution in [0.15, 0.2) is 24.3 Å². The van der Waals surface area contributed by atoms with Crippen molar-refractivity contribution in [2.24, 2.45) is 0 Å². The maximum atomic E-state index is 11.8. The number of ether oxygens (including phenoxy) is 3. The molecular weight excluding hydrogens is 326 g/mol. The molecule has 1 aromatic carbocycles. The molecule has 0 spiro atoms. The summed E-state index contributed by atoms with van der Waals surface area (Å²) in [5.74, 6) is -0.446. The molecule has 140 valence electrons. The van der Waals surface area contributed by atoms with E-state index in [0.717, 1.165) is 5.56 Å². The molecule has 0 radical (unpaired) electrons. The highest BCUT2D eigenvalue weighted by Gasteiger charge is 2.24. The lowest BCUT2D eigenvalue weighted by atomic mass is 10.1. The quantitative estimate of drug-likeness (QED) is 0.663. The van der Waals surface area contributed by atoms with Gasteiger partial charge in [-0.25, -0.2) is 9.59 Å². The molecule has 1 rings (SSSR count). The van der Waals surface area contributed by atoms with Crippen molar-refractivity contribution in [3.05, 3.63) is 29.8 Å². The van der Waals surface area contributed by atoms with Crippen LogP contribution in [0.25, 0.3) is 0 Å². The van der Waals surface area contributed by atoms with Crippen molar-refractivity contribution >= 4 is 12.1 Å². The van der Waals surface area contributed by atoms with Crippen LogP contribution in [0, 0.1) is 0 Å². The van der Waals surface area contributed by atoms with Gasteiger partial charge >= 0.3 is 12.1 Å². The molecule has 7 nitrogen and oxygen atoms in total. The van der Waals surface area contributed by atoms with Crippen molar-refractivity contribution in [2.75, 3.05) is 19.8 Å². The number of alkyl carbamates (subject to hydrolysis) is 1. The fraction of sp³-hybridized carbons (Fsp3) is 0.556. The van der Waals surface area contributed by atoms with Crippen LogP contribution in [0.3, 0.4) is 0 Å². The predicted octanol–water partition coefficient (Wildman–Crippen LogP) is 2.62. The second-order valence-corrected chi connectivity index (χ2v) is 6.43. The van der Waals surface area contributed by atoms with Gasteiger partial charge in [-0.15, -0.1) is 0 Å². The fourth-order valence-electron chi connectivity index (χ4n) is 1.97. The number of benzene rings is 1. The van der Waals surface area contributed by atoms with E-state index >= 15 is 0 Å². The standard InChI is InChI=1S/C18H27NO6/c1-5-23-10-11-24-14-8-6-13(7-9-14)12-15(16(20)21)19-17(22)25-18(2,3)4/h6-9,15H,5,10-12H2,1-4H3,(H,19,22)(H,20,21). The first-order valence-electron chi connectivity index (χ1n) is 8.23. The van der Waals surface area contributed by atoms with Crippen molar-refractivity contribution < 1.29 is 28.9 Å². The first-order chi connectivity index (χ1) is 11.7. The van der Waals surface area contributed by atoms with Gasteiger partial charge in [-0.1, -0.05) is 12.1 Å². The molecule has 0 aliphatic heterocycles. The summed E-state index contributed by atoms with van der Waals surface area (Å²) in [7, 11) is 0. The molecule has 1 amide bonds. The molecule has 0 saturated carbocycles. The molecule has 0 aromatic heterocycles. The zero-order chi connectivity index (χ0) is 18.9. The van der Waals surface area contributed by atoms with Crippen LogP contribution in [0.4, 0.5) is 4.79 Å². The van der Waals surface area contributed by atoms with Gasteiger partial charge < -0.3 is 24.6 Å². The summed E-state index contributed by atoms with van der Waals surface area (Å²) in [6, 6.07) is 5.98. The van der Waals surface area contributed by atoms with Crippen molar-refractivity contribution in [1.29, 1.82) is 0 Å². The number of carboxylic acid groups (broad SMARTS) is 1. The smallest absolute Gasteiger partial charge is 0.408 e. The van der Waals surface area contributed by atoms with Gasteiger partial charge in [0, 0.05) is 13.0 Å². The Labute approximate surface area is 148 Å². The van der Waals surface area contributed by atoms with Crippen LogP contribution in [-0.4, -0.2) is 48.6 Å². The highest BCUT2D eigenvalue weighted by atomic mass is 16.6. The van der Waals surface area contributed by atoms with Crippen molar-refractivity contribution in [1.82, 2.24) is 5.32 Å². The van der Waals surface area contributed by atoms with Crippen LogP contribution in [0.5, 0.6) is 5.75 Å². The highest BCUT2D eigenvalue weighted by molar-refractivity contribution is 5.80. The summed E-state index contributed by atoms with van der Waals surface area (Å²) in [6.45, 7) is 8.67. The molecule has 0 aliphatic carbocycles. The number of carbonyl (C=O) groups is 2. The number of hydrogen-bond donors (Lipinski definition) is 2. The topological polar surface area (TPSA) is 94.1 Å². The van der Waals surface area contributed by atoms with Gasteiger partial charge in [-0.2, -0.15) is 0 Å². The van der Waals surface area contributed by atoms with Crippen LogP contribution in [0.1, 0.15) is 33.3 Å². The van der Waals surface area contributed by atoms with E-state index in [1.807, 2.05) is 6.92 Å². The number of rotatable bonds is 9. The SMILES string of the molecule is CCOCCOc1ccc(CC(NC(=O)OC(C)(C)C)C(=O)O)cc1. The van der Waals surface area contributed by atoms with Gasteiger partial charge in [0.05, 0.1) is 6.61 Å². The molecule has 25 heavy (non-hydrogen) atoms. The van der Waals surface area contributed by atoms with E-state index in [4.69, 9.17) is 14.2 Å². The molecule has 1 atom stereocenters. The second kappa shape index (κ2) is 9.88. The zero-order valence-electron chi connectivity index (χ0n) is 15.2. The Balaban J connectivity index is 2.57. The number of carboxylic acids is 1. The molecule has 0 saturated heterocycles. The number of aliphatic carboxylic acids is 1. The monoisotopic (exact) mass is 353 g/mol. The lowest BCUT2D eigenvalue weighted by molar-refractivity contribution is -0.139. The van der Waals surface area contributed by atoms with Gasteiger partial charge in [0.25, 0.3) is 0 Å².